The van der Waals surface area contributed by atoms with E-state index in [0.29, 0.717) is 4.47 Å². The maximum atomic E-state index is 12.7. The largest absolute Gasteiger partial charge is 0.366 e. The van der Waals surface area contributed by atoms with Crippen molar-refractivity contribution in [3.63, 3.8) is 0 Å². The Morgan fingerprint density at radius 3 is 2.45 bits per heavy atom. The highest BCUT2D eigenvalue weighted by Crippen LogP contribution is 2.30. The number of hydrogen-bond acceptors (Lipinski definition) is 3. The fourth-order valence-corrected chi connectivity index (χ4v) is 4.14. The first-order chi connectivity index (χ1) is 10.2. The van der Waals surface area contributed by atoms with Crippen LogP contribution < -0.4 is 10.0 Å². The van der Waals surface area contributed by atoms with Gasteiger partial charge in [0.15, 0.2) is 0 Å². The Kier molecular flexibility index (Phi) is 4.79. The van der Waals surface area contributed by atoms with E-state index in [1.807, 2.05) is 0 Å². The topological polar surface area (TPSA) is 80.5 Å². The maximum Gasteiger partial charge on any atom is 0.265 e. The first kappa shape index (κ1) is 16.8. The van der Waals surface area contributed by atoms with Crippen LogP contribution in [0.15, 0.2) is 51.8 Å². The molecule has 0 aromatic heterocycles. The van der Waals surface area contributed by atoms with E-state index in [1.165, 1.54) is 31.3 Å². The molecule has 0 saturated carbocycles. The third-order valence-electron chi connectivity index (χ3n) is 3.04. The fraction of sp³-hybridized carbons (Fsp3) is 0.0714. The number of halogens is 2. The molecule has 2 N–H and O–H groups in total. The number of sulfonamides is 1. The van der Waals surface area contributed by atoms with Gasteiger partial charge in [-0.3, -0.25) is 9.10 Å². The van der Waals surface area contributed by atoms with Crippen molar-refractivity contribution in [2.24, 2.45) is 5.73 Å². The van der Waals surface area contributed by atoms with Gasteiger partial charge in [0.25, 0.3) is 15.9 Å². The van der Waals surface area contributed by atoms with Crippen LogP contribution in [0, 0.1) is 0 Å². The van der Waals surface area contributed by atoms with Gasteiger partial charge >= 0.3 is 0 Å². The number of nitrogens with two attached hydrogens (primary N) is 1. The average molecular weight is 404 g/mol. The third kappa shape index (κ3) is 3.11. The first-order valence-corrected chi connectivity index (χ1v) is 8.69. The van der Waals surface area contributed by atoms with Crippen LogP contribution in [-0.4, -0.2) is 21.4 Å². The first-order valence-electron chi connectivity index (χ1n) is 6.08. The van der Waals surface area contributed by atoms with Crippen molar-refractivity contribution in [2.75, 3.05) is 11.4 Å². The van der Waals surface area contributed by atoms with Gasteiger partial charge in [-0.2, -0.15) is 0 Å². The molecule has 0 aliphatic heterocycles. The van der Waals surface area contributed by atoms with Crippen LogP contribution in [0.3, 0.4) is 0 Å². The molecule has 0 saturated heterocycles. The van der Waals surface area contributed by atoms with Crippen LogP contribution in [0.1, 0.15) is 10.4 Å². The molecule has 0 bridgehead atoms. The summed E-state index contributed by atoms with van der Waals surface area (Å²) in [6.45, 7) is 0. The van der Waals surface area contributed by atoms with Gasteiger partial charge in [0.1, 0.15) is 4.90 Å². The normalized spacial score (nSPS) is 11.2. The number of amides is 1. The van der Waals surface area contributed by atoms with Crippen molar-refractivity contribution < 1.29 is 13.2 Å². The Morgan fingerprint density at radius 1 is 1.23 bits per heavy atom. The van der Waals surface area contributed by atoms with Crippen LogP contribution in [0.25, 0.3) is 0 Å². The predicted octanol–water partition coefficient (Wildman–Crippen LogP) is 3.03. The number of benzene rings is 2. The van der Waals surface area contributed by atoms with Gasteiger partial charge in [0.05, 0.1) is 16.3 Å². The monoisotopic (exact) mass is 402 g/mol. The van der Waals surface area contributed by atoms with E-state index in [2.05, 4.69) is 15.9 Å². The minimum atomic E-state index is -3.92. The number of anilines is 1. The molecule has 0 unspecified atom stereocenters. The standard InChI is InChI=1S/C14H12BrClN2O3S/c1-18(12-5-3-2-4-10(12)14(17)19)22(20,21)13-7-6-9(15)8-11(13)16/h2-8H,1H3,(H2,17,19). The van der Waals surface area contributed by atoms with Crippen molar-refractivity contribution in [3.8, 4) is 0 Å². The summed E-state index contributed by atoms with van der Waals surface area (Å²) in [5, 5.41) is 0.0813. The van der Waals surface area contributed by atoms with Gasteiger partial charge in [-0.15, -0.1) is 0 Å². The van der Waals surface area contributed by atoms with Crippen molar-refractivity contribution in [1.82, 2.24) is 0 Å². The summed E-state index contributed by atoms with van der Waals surface area (Å²) < 4.78 is 27.1. The summed E-state index contributed by atoms with van der Waals surface area (Å²) in [6.07, 6.45) is 0. The molecular weight excluding hydrogens is 392 g/mol. The minimum absolute atomic E-state index is 0.0564. The molecule has 0 fully saturated rings. The number of para-hydroxylation sites is 1. The van der Waals surface area contributed by atoms with Gasteiger partial charge in [-0.1, -0.05) is 39.7 Å². The molecule has 2 rings (SSSR count). The molecule has 8 heteroatoms. The van der Waals surface area contributed by atoms with E-state index in [9.17, 15) is 13.2 Å². The highest BCUT2D eigenvalue weighted by molar-refractivity contribution is 9.10. The quantitative estimate of drug-likeness (QED) is 0.852. The summed E-state index contributed by atoms with van der Waals surface area (Å²) in [6, 6.07) is 10.7. The second-order valence-electron chi connectivity index (χ2n) is 4.43. The Morgan fingerprint density at radius 2 is 1.86 bits per heavy atom. The molecule has 0 radical (unpaired) electrons. The van der Waals surface area contributed by atoms with Crippen molar-refractivity contribution in [2.45, 2.75) is 4.90 Å². The van der Waals surface area contributed by atoms with Crippen molar-refractivity contribution in [3.05, 3.63) is 57.5 Å². The van der Waals surface area contributed by atoms with Crippen molar-refractivity contribution in [1.29, 1.82) is 0 Å². The Balaban J connectivity index is 2.57. The average Bonchev–Trinajstić information content (AvgIpc) is 2.45. The maximum absolute atomic E-state index is 12.7. The van der Waals surface area contributed by atoms with E-state index in [4.69, 9.17) is 17.3 Å². The van der Waals surface area contributed by atoms with E-state index in [0.717, 1.165) is 4.31 Å². The summed E-state index contributed by atoms with van der Waals surface area (Å²) in [4.78, 5) is 11.4. The number of primary amides is 1. The number of nitrogens with zero attached hydrogens (tertiary/aromatic N) is 1. The molecule has 0 heterocycles. The number of carbonyl (C=O) groups excluding carboxylic acids is 1. The van der Waals surface area contributed by atoms with Gasteiger partial charge in [0, 0.05) is 11.5 Å². The second-order valence-corrected chi connectivity index (χ2v) is 7.69. The third-order valence-corrected chi connectivity index (χ3v) is 5.79. The molecule has 0 aliphatic rings. The number of rotatable bonds is 4. The second kappa shape index (κ2) is 6.28. The lowest BCUT2D eigenvalue weighted by molar-refractivity contribution is 0.100. The summed E-state index contributed by atoms with van der Waals surface area (Å²) in [7, 11) is -2.58. The number of hydrogen-bond donors (Lipinski definition) is 1. The molecule has 5 nitrogen and oxygen atoms in total. The minimum Gasteiger partial charge on any atom is -0.366 e. The SMILES string of the molecule is CN(c1ccccc1C(N)=O)S(=O)(=O)c1ccc(Br)cc1Cl. The fourth-order valence-electron chi connectivity index (χ4n) is 1.92. The summed E-state index contributed by atoms with van der Waals surface area (Å²) in [5.74, 6) is -0.709. The van der Waals surface area contributed by atoms with E-state index >= 15 is 0 Å². The van der Waals surface area contributed by atoms with Gasteiger partial charge < -0.3 is 5.73 Å². The van der Waals surface area contributed by atoms with Gasteiger partial charge in [0.2, 0.25) is 0 Å². The van der Waals surface area contributed by atoms with Gasteiger partial charge in [-0.05, 0) is 30.3 Å². The van der Waals surface area contributed by atoms with Crippen LogP contribution in [-0.2, 0) is 10.0 Å². The lowest BCUT2D eigenvalue weighted by Gasteiger charge is -2.22. The molecular formula is C14H12BrClN2O3S. The zero-order valence-corrected chi connectivity index (χ0v) is 14.6. The van der Waals surface area contributed by atoms with Crippen LogP contribution in [0.4, 0.5) is 5.69 Å². The van der Waals surface area contributed by atoms with Crippen LogP contribution in [0.2, 0.25) is 5.02 Å². The van der Waals surface area contributed by atoms with Crippen LogP contribution >= 0.6 is 27.5 Å². The smallest absolute Gasteiger partial charge is 0.265 e. The lowest BCUT2D eigenvalue weighted by atomic mass is 10.2. The highest BCUT2D eigenvalue weighted by atomic mass is 79.9. The van der Waals surface area contributed by atoms with Crippen molar-refractivity contribution >= 4 is 49.1 Å². The van der Waals surface area contributed by atoms with E-state index in [-0.39, 0.29) is 21.2 Å². The zero-order chi connectivity index (χ0) is 16.5. The lowest BCUT2D eigenvalue weighted by Crippen LogP contribution is -2.29. The molecule has 0 aliphatic carbocycles. The molecule has 2 aromatic rings. The molecule has 2 aromatic carbocycles. The summed E-state index contributed by atoms with van der Waals surface area (Å²) >= 11 is 9.24. The molecule has 0 spiro atoms. The van der Waals surface area contributed by atoms with E-state index < -0.39 is 15.9 Å². The molecule has 22 heavy (non-hydrogen) atoms. The Hall–Kier alpha value is -1.57. The van der Waals surface area contributed by atoms with Gasteiger partial charge in [-0.25, -0.2) is 8.42 Å². The number of carbonyl (C=O) groups is 1. The zero-order valence-electron chi connectivity index (χ0n) is 11.5. The van der Waals surface area contributed by atoms with Crippen LogP contribution in [0.5, 0.6) is 0 Å². The Labute approximate surface area is 141 Å². The summed E-state index contributed by atoms with van der Waals surface area (Å²) in [5.41, 5.74) is 5.59. The highest BCUT2D eigenvalue weighted by Gasteiger charge is 2.26. The molecule has 0 atom stereocenters. The molecule has 116 valence electrons. The van der Waals surface area contributed by atoms with E-state index in [1.54, 1.807) is 18.2 Å². The predicted molar refractivity (Wildman–Crippen MR) is 89.7 cm³/mol. The molecule has 1 amide bonds. The Bertz CT molecular complexity index is 840.